The summed E-state index contributed by atoms with van der Waals surface area (Å²) in [5, 5.41) is 8.70. The molecule has 0 N–H and O–H groups in total. The fourth-order valence-corrected chi connectivity index (χ4v) is 2.01. The maximum absolute atomic E-state index is 14.0. The van der Waals surface area contributed by atoms with E-state index in [1.807, 2.05) is 14.1 Å². The van der Waals surface area contributed by atoms with Crippen molar-refractivity contribution >= 4 is 11.6 Å². The van der Waals surface area contributed by atoms with Crippen LogP contribution in [0.4, 0.5) is 20.4 Å². The molecule has 0 saturated heterocycles. The summed E-state index contributed by atoms with van der Waals surface area (Å²) in [4.78, 5) is 11.5. The van der Waals surface area contributed by atoms with Crippen molar-refractivity contribution in [2.75, 3.05) is 30.9 Å². The molecule has 0 radical (unpaired) electrons. The molecule has 2 rings (SSSR count). The number of hydrogen-bond donors (Lipinski definition) is 0. The van der Waals surface area contributed by atoms with Crippen LogP contribution in [0.5, 0.6) is 0 Å². The lowest BCUT2D eigenvalue weighted by molar-refractivity contribution is 0.575. The smallest absolute Gasteiger partial charge is 0.224 e. The molecule has 22 heavy (non-hydrogen) atoms. The van der Waals surface area contributed by atoms with Gasteiger partial charge in [0.15, 0.2) is 11.6 Å². The molecule has 0 saturated carbocycles. The van der Waals surface area contributed by atoms with Crippen LogP contribution in [0.25, 0.3) is 0 Å². The molecular formula is C15H15F2N5. The molecule has 0 bridgehead atoms. The van der Waals surface area contributed by atoms with Crippen LogP contribution in [-0.4, -0.2) is 31.1 Å². The van der Waals surface area contributed by atoms with Crippen molar-refractivity contribution in [2.45, 2.75) is 6.54 Å². The van der Waals surface area contributed by atoms with Crippen molar-refractivity contribution in [2.24, 2.45) is 0 Å². The lowest BCUT2D eigenvalue weighted by atomic mass is 10.2. The van der Waals surface area contributed by atoms with Crippen molar-refractivity contribution in [3.63, 3.8) is 0 Å². The molecule has 0 fully saturated rings. The summed E-state index contributed by atoms with van der Waals surface area (Å²) >= 11 is 0. The van der Waals surface area contributed by atoms with E-state index in [0.717, 1.165) is 17.7 Å². The van der Waals surface area contributed by atoms with Crippen LogP contribution in [0.15, 0.2) is 24.5 Å². The van der Waals surface area contributed by atoms with Crippen LogP contribution in [0.2, 0.25) is 0 Å². The summed E-state index contributed by atoms with van der Waals surface area (Å²) in [5.74, 6) is -0.989. The van der Waals surface area contributed by atoms with Crippen molar-refractivity contribution < 1.29 is 8.78 Å². The highest BCUT2D eigenvalue weighted by Crippen LogP contribution is 2.25. The second-order valence-corrected chi connectivity index (χ2v) is 5.04. The number of benzene rings is 1. The van der Waals surface area contributed by atoms with Crippen molar-refractivity contribution in [3.05, 3.63) is 47.3 Å². The molecule has 1 aromatic heterocycles. The summed E-state index contributed by atoms with van der Waals surface area (Å²) in [5.41, 5.74) is 0.484. The average Bonchev–Trinajstić information content (AvgIpc) is 2.46. The third kappa shape index (κ3) is 3.28. The van der Waals surface area contributed by atoms with Crippen molar-refractivity contribution in [1.29, 1.82) is 5.26 Å². The molecular weight excluding hydrogens is 288 g/mol. The monoisotopic (exact) mass is 303 g/mol. The Bertz CT molecular complexity index is 684. The van der Waals surface area contributed by atoms with Crippen molar-refractivity contribution in [1.82, 2.24) is 9.97 Å². The summed E-state index contributed by atoms with van der Waals surface area (Å²) < 4.78 is 27.9. The van der Waals surface area contributed by atoms with Crippen molar-refractivity contribution in [3.8, 4) is 6.07 Å². The first-order valence-electron chi connectivity index (χ1n) is 6.51. The Balaban J connectivity index is 2.22. The fourth-order valence-electron chi connectivity index (χ4n) is 2.01. The van der Waals surface area contributed by atoms with E-state index in [2.05, 4.69) is 9.97 Å². The first-order valence-corrected chi connectivity index (χ1v) is 6.51. The first-order chi connectivity index (χ1) is 10.4. The minimum Gasteiger partial charge on any atom is -0.365 e. The topological polar surface area (TPSA) is 56.1 Å². The molecule has 0 amide bonds. The minimum absolute atomic E-state index is 0.0502. The van der Waals surface area contributed by atoms with Gasteiger partial charge in [0.1, 0.15) is 5.69 Å². The van der Waals surface area contributed by atoms with Crippen LogP contribution >= 0.6 is 0 Å². The van der Waals surface area contributed by atoms with Gasteiger partial charge in [-0.05, 0) is 12.1 Å². The number of aromatic nitrogens is 2. The molecule has 7 heteroatoms. The van der Waals surface area contributed by atoms with E-state index in [1.54, 1.807) is 30.4 Å². The number of halogens is 2. The molecule has 1 heterocycles. The van der Waals surface area contributed by atoms with E-state index >= 15 is 0 Å². The van der Waals surface area contributed by atoms with E-state index in [4.69, 9.17) is 5.26 Å². The molecule has 0 aliphatic rings. The molecule has 0 aliphatic heterocycles. The van der Waals surface area contributed by atoms with Gasteiger partial charge < -0.3 is 9.80 Å². The highest BCUT2D eigenvalue weighted by molar-refractivity contribution is 5.52. The van der Waals surface area contributed by atoms with Gasteiger partial charge in [-0.25, -0.2) is 18.7 Å². The number of anilines is 2. The number of nitriles is 1. The summed E-state index contributed by atoms with van der Waals surface area (Å²) in [6.07, 6.45) is 3.22. The highest BCUT2D eigenvalue weighted by Gasteiger charge is 2.16. The van der Waals surface area contributed by atoms with E-state index in [9.17, 15) is 8.78 Å². The lowest BCUT2D eigenvalue weighted by Gasteiger charge is -2.20. The second kappa shape index (κ2) is 6.35. The van der Waals surface area contributed by atoms with Gasteiger partial charge in [0.2, 0.25) is 5.95 Å². The molecule has 114 valence electrons. The Morgan fingerprint density at radius 1 is 1.09 bits per heavy atom. The van der Waals surface area contributed by atoms with E-state index < -0.39 is 11.6 Å². The first kappa shape index (κ1) is 15.6. The third-order valence-electron chi connectivity index (χ3n) is 3.04. The maximum atomic E-state index is 14.0. The van der Waals surface area contributed by atoms with Gasteiger partial charge in [-0.15, -0.1) is 0 Å². The number of hydrogen-bond acceptors (Lipinski definition) is 5. The quantitative estimate of drug-likeness (QED) is 0.867. The Morgan fingerprint density at radius 2 is 1.64 bits per heavy atom. The predicted molar refractivity (Wildman–Crippen MR) is 79.5 cm³/mol. The zero-order chi connectivity index (χ0) is 16.3. The van der Waals surface area contributed by atoms with Gasteiger partial charge in [0.05, 0.1) is 11.6 Å². The molecule has 1 aromatic carbocycles. The highest BCUT2D eigenvalue weighted by atomic mass is 19.1. The standard InChI is InChI=1S/C15H15F2N5/c1-21(2)15-19-7-11(8-20-15)9-22(3)14-12(16)4-10(6-18)5-13(14)17/h4-5,7-8H,9H2,1-3H3. The van der Waals surface area contributed by atoms with Crippen LogP contribution in [-0.2, 0) is 6.54 Å². The maximum Gasteiger partial charge on any atom is 0.224 e. The average molecular weight is 303 g/mol. The molecule has 0 unspecified atom stereocenters. The molecule has 0 atom stereocenters. The van der Waals surface area contributed by atoms with E-state index in [-0.39, 0.29) is 17.8 Å². The predicted octanol–water partition coefficient (Wildman–Crippen LogP) is 2.33. The van der Waals surface area contributed by atoms with Gasteiger partial charge in [-0.2, -0.15) is 5.26 Å². The summed E-state index contributed by atoms with van der Waals surface area (Å²) in [6.45, 7) is 0.244. The minimum atomic E-state index is -0.773. The molecule has 0 spiro atoms. The Morgan fingerprint density at radius 3 is 2.09 bits per heavy atom. The van der Waals surface area contributed by atoms with E-state index in [1.165, 1.54) is 4.90 Å². The normalized spacial score (nSPS) is 10.2. The third-order valence-corrected chi connectivity index (χ3v) is 3.04. The molecule has 0 aliphatic carbocycles. The Labute approximate surface area is 127 Å². The zero-order valence-electron chi connectivity index (χ0n) is 12.5. The van der Waals surface area contributed by atoms with Gasteiger partial charge in [0, 0.05) is 45.6 Å². The number of nitrogens with zero attached hydrogens (tertiary/aromatic N) is 5. The van der Waals surface area contributed by atoms with E-state index in [0.29, 0.717) is 5.95 Å². The van der Waals surface area contributed by atoms with Gasteiger partial charge in [0.25, 0.3) is 0 Å². The lowest BCUT2D eigenvalue weighted by Crippen LogP contribution is -2.20. The Hall–Kier alpha value is -2.75. The Kier molecular flexibility index (Phi) is 4.51. The molecule has 5 nitrogen and oxygen atoms in total. The molecule has 2 aromatic rings. The SMILES string of the molecule is CN(C)c1ncc(CN(C)c2c(F)cc(C#N)cc2F)cn1. The van der Waals surface area contributed by atoms with Gasteiger partial charge >= 0.3 is 0 Å². The van der Waals surface area contributed by atoms with Crippen LogP contribution < -0.4 is 9.80 Å². The fraction of sp³-hybridized carbons (Fsp3) is 0.267. The zero-order valence-corrected chi connectivity index (χ0v) is 12.5. The summed E-state index contributed by atoms with van der Waals surface area (Å²) in [6, 6.07) is 3.75. The second-order valence-electron chi connectivity index (χ2n) is 5.04. The van der Waals surface area contributed by atoms with Gasteiger partial charge in [-0.3, -0.25) is 0 Å². The van der Waals surface area contributed by atoms with Crippen LogP contribution in [0, 0.1) is 23.0 Å². The van der Waals surface area contributed by atoms with Crippen LogP contribution in [0.1, 0.15) is 11.1 Å². The van der Waals surface area contributed by atoms with Gasteiger partial charge in [-0.1, -0.05) is 0 Å². The summed E-state index contributed by atoms with van der Waals surface area (Å²) in [7, 11) is 5.21. The van der Waals surface area contributed by atoms with Crippen LogP contribution in [0.3, 0.4) is 0 Å². The largest absolute Gasteiger partial charge is 0.365 e. The number of rotatable bonds is 4.